The van der Waals surface area contributed by atoms with Crippen LogP contribution in [0.3, 0.4) is 0 Å². The summed E-state index contributed by atoms with van der Waals surface area (Å²) >= 11 is 0. The highest BCUT2D eigenvalue weighted by Crippen LogP contribution is 2.23. The van der Waals surface area contributed by atoms with Crippen molar-refractivity contribution >= 4 is 27.0 Å². The number of hydroxylamine groups is 1. The maximum atomic E-state index is 12.5. The van der Waals surface area contributed by atoms with Crippen LogP contribution in [-0.4, -0.2) is 40.1 Å². The lowest BCUT2D eigenvalue weighted by Crippen LogP contribution is -2.25. The van der Waals surface area contributed by atoms with Crippen molar-refractivity contribution in [3.63, 3.8) is 0 Å². The molecule has 0 radical (unpaired) electrons. The van der Waals surface area contributed by atoms with E-state index < -0.39 is 21.6 Å². The summed E-state index contributed by atoms with van der Waals surface area (Å²) in [5.41, 5.74) is 0.177. The molecule has 0 amide bonds. The number of ether oxygens (including phenoxy) is 2. The normalized spacial score (nSPS) is 11.6. The third-order valence-electron chi connectivity index (χ3n) is 4.36. The van der Waals surface area contributed by atoms with Crippen molar-refractivity contribution in [2.45, 2.75) is 11.5 Å². The molecule has 0 spiro atoms. The highest BCUT2D eigenvalue weighted by molar-refractivity contribution is 7.89. The van der Waals surface area contributed by atoms with E-state index in [1.807, 2.05) is 0 Å². The van der Waals surface area contributed by atoms with Gasteiger partial charge in [-0.2, -0.15) is 0 Å². The molecule has 10 heteroatoms. The molecule has 0 aliphatic carbocycles. The predicted molar refractivity (Wildman–Crippen MR) is 107 cm³/mol. The van der Waals surface area contributed by atoms with Crippen LogP contribution in [0.15, 0.2) is 62.6 Å². The molecule has 0 unspecified atom stereocenters. The van der Waals surface area contributed by atoms with Crippen molar-refractivity contribution in [1.29, 1.82) is 0 Å². The second-order valence-electron chi connectivity index (χ2n) is 6.15. The Balaban J connectivity index is 1.85. The van der Waals surface area contributed by atoms with E-state index in [4.69, 9.17) is 18.7 Å². The number of carbonyl (C=O) groups excluding carboxylic acids is 1. The number of esters is 1. The van der Waals surface area contributed by atoms with E-state index in [1.54, 1.807) is 18.2 Å². The average molecular weight is 433 g/mol. The zero-order valence-electron chi connectivity index (χ0n) is 16.4. The number of hydrogen-bond donors (Lipinski definition) is 0. The molecule has 0 aliphatic rings. The van der Waals surface area contributed by atoms with Crippen LogP contribution in [0.5, 0.6) is 5.75 Å². The highest BCUT2D eigenvalue weighted by Gasteiger charge is 2.22. The van der Waals surface area contributed by atoms with Gasteiger partial charge in [-0.15, -0.1) is 0 Å². The van der Waals surface area contributed by atoms with Gasteiger partial charge in [0.2, 0.25) is 0 Å². The average Bonchev–Trinajstić information content (AvgIpc) is 2.75. The fraction of sp³-hybridized carbons (Fsp3) is 0.200. The number of rotatable bonds is 7. The van der Waals surface area contributed by atoms with E-state index in [9.17, 15) is 18.0 Å². The fourth-order valence-corrected chi connectivity index (χ4v) is 3.73. The van der Waals surface area contributed by atoms with Gasteiger partial charge < -0.3 is 13.9 Å². The quantitative estimate of drug-likeness (QED) is 0.317. The minimum atomic E-state index is -3.92. The SMILES string of the molecule is COc1ccc2c(COC(=O)c3cccc(S(=O)(=O)N(C)OC)c3)cc(=O)oc2c1. The maximum absolute atomic E-state index is 12.5. The first-order valence-corrected chi connectivity index (χ1v) is 10.1. The van der Waals surface area contributed by atoms with Crippen LogP contribution in [0.1, 0.15) is 15.9 Å². The Bertz CT molecular complexity index is 1250. The van der Waals surface area contributed by atoms with Gasteiger partial charge >= 0.3 is 11.6 Å². The fourth-order valence-electron chi connectivity index (χ4n) is 2.71. The van der Waals surface area contributed by atoms with E-state index in [0.717, 1.165) is 0 Å². The van der Waals surface area contributed by atoms with Crippen molar-refractivity contribution in [3.8, 4) is 5.75 Å². The van der Waals surface area contributed by atoms with Crippen molar-refractivity contribution in [2.24, 2.45) is 0 Å². The first-order chi connectivity index (χ1) is 14.3. The van der Waals surface area contributed by atoms with Crippen molar-refractivity contribution in [1.82, 2.24) is 4.47 Å². The minimum Gasteiger partial charge on any atom is -0.497 e. The largest absolute Gasteiger partial charge is 0.497 e. The van der Waals surface area contributed by atoms with Gasteiger partial charge in [-0.1, -0.05) is 10.5 Å². The van der Waals surface area contributed by atoms with Gasteiger partial charge in [0.1, 0.15) is 17.9 Å². The van der Waals surface area contributed by atoms with Gasteiger partial charge in [0.25, 0.3) is 10.0 Å². The summed E-state index contributed by atoms with van der Waals surface area (Å²) in [6, 6.07) is 11.5. The van der Waals surface area contributed by atoms with Crippen LogP contribution in [0.2, 0.25) is 0 Å². The molecular formula is C20H19NO8S. The molecule has 9 nitrogen and oxygen atoms in total. The first kappa shape index (κ1) is 21.5. The smallest absolute Gasteiger partial charge is 0.338 e. The van der Waals surface area contributed by atoms with Gasteiger partial charge in [0.05, 0.1) is 24.7 Å². The number of hydrogen-bond acceptors (Lipinski definition) is 8. The molecule has 2 aromatic carbocycles. The van der Waals surface area contributed by atoms with E-state index >= 15 is 0 Å². The summed E-state index contributed by atoms with van der Waals surface area (Å²) in [5, 5.41) is 0.584. The molecule has 0 N–H and O–H groups in total. The molecule has 0 bridgehead atoms. The van der Waals surface area contributed by atoms with Crippen molar-refractivity contribution < 1.29 is 31.9 Å². The molecule has 1 heterocycles. The second kappa shape index (κ2) is 8.66. The zero-order chi connectivity index (χ0) is 21.9. The Labute approximate surface area is 172 Å². The Morgan fingerprint density at radius 1 is 1.10 bits per heavy atom. The minimum absolute atomic E-state index is 0.0366. The van der Waals surface area contributed by atoms with Gasteiger partial charge in [-0.3, -0.25) is 4.84 Å². The van der Waals surface area contributed by atoms with Crippen molar-refractivity contribution in [2.75, 3.05) is 21.3 Å². The third kappa shape index (κ3) is 4.35. The first-order valence-electron chi connectivity index (χ1n) is 8.67. The number of benzene rings is 2. The standard InChI is InChI=1S/C20H19NO8S/c1-21(27-3)30(24,25)16-6-4-5-13(9-16)20(23)28-12-14-10-19(22)29-18-11-15(26-2)7-8-17(14)18/h4-11H,12H2,1-3H3. The van der Waals surface area contributed by atoms with Crippen molar-refractivity contribution in [3.05, 3.63) is 70.1 Å². The van der Waals surface area contributed by atoms with Crippen LogP contribution >= 0.6 is 0 Å². The van der Waals surface area contributed by atoms with E-state index in [2.05, 4.69) is 0 Å². The topological polar surface area (TPSA) is 112 Å². The summed E-state index contributed by atoms with van der Waals surface area (Å²) < 4.78 is 40.9. The number of sulfonamides is 1. The summed E-state index contributed by atoms with van der Waals surface area (Å²) in [6.45, 7) is -0.206. The lowest BCUT2D eigenvalue weighted by Gasteiger charge is -2.14. The predicted octanol–water partition coefficient (Wildman–Crippen LogP) is 2.34. The molecule has 0 saturated carbocycles. The van der Waals surface area contributed by atoms with Crippen LogP contribution in [0.25, 0.3) is 11.0 Å². The molecule has 0 atom stereocenters. The molecule has 3 aromatic rings. The Kier molecular flexibility index (Phi) is 6.20. The lowest BCUT2D eigenvalue weighted by atomic mass is 10.1. The van der Waals surface area contributed by atoms with Gasteiger partial charge in [0, 0.05) is 30.1 Å². The molecule has 158 valence electrons. The second-order valence-corrected chi connectivity index (χ2v) is 8.09. The summed E-state index contributed by atoms with van der Waals surface area (Å²) in [4.78, 5) is 28.9. The lowest BCUT2D eigenvalue weighted by molar-refractivity contribution is -0.0258. The van der Waals surface area contributed by atoms with Crippen LogP contribution in [-0.2, 0) is 26.2 Å². The molecule has 0 saturated heterocycles. The number of methoxy groups -OCH3 is 1. The molecule has 0 fully saturated rings. The van der Waals surface area contributed by atoms with Gasteiger partial charge in [-0.25, -0.2) is 18.0 Å². The maximum Gasteiger partial charge on any atom is 0.338 e. The van der Waals surface area contributed by atoms with Crippen LogP contribution in [0.4, 0.5) is 0 Å². The molecule has 1 aromatic heterocycles. The number of nitrogens with zero attached hydrogens (tertiary/aromatic N) is 1. The van der Waals surface area contributed by atoms with E-state index in [-0.39, 0.29) is 17.1 Å². The Morgan fingerprint density at radius 3 is 2.57 bits per heavy atom. The molecular weight excluding hydrogens is 414 g/mol. The van der Waals surface area contributed by atoms with Gasteiger partial charge in [0.15, 0.2) is 0 Å². The molecule has 0 aliphatic heterocycles. The Hall–Kier alpha value is -3.21. The summed E-state index contributed by atoms with van der Waals surface area (Å²) in [5.74, 6) is -0.235. The Morgan fingerprint density at radius 2 is 1.87 bits per heavy atom. The monoisotopic (exact) mass is 433 g/mol. The molecule has 3 rings (SSSR count). The van der Waals surface area contributed by atoms with Gasteiger partial charge in [-0.05, 0) is 30.3 Å². The number of fused-ring (bicyclic) bond motifs is 1. The van der Waals surface area contributed by atoms with Crippen LogP contribution in [0, 0.1) is 0 Å². The summed E-state index contributed by atoms with van der Waals surface area (Å²) in [7, 11) is 0.0260. The number of carbonyl (C=O) groups is 1. The van der Waals surface area contributed by atoms with E-state index in [1.165, 1.54) is 51.6 Å². The third-order valence-corrected chi connectivity index (χ3v) is 6.04. The highest BCUT2D eigenvalue weighted by atomic mass is 32.2. The molecule has 30 heavy (non-hydrogen) atoms. The van der Waals surface area contributed by atoms with E-state index in [0.29, 0.717) is 26.8 Å². The summed E-state index contributed by atoms with van der Waals surface area (Å²) in [6.07, 6.45) is 0. The van der Waals surface area contributed by atoms with Crippen LogP contribution < -0.4 is 10.4 Å². The zero-order valence-corrected chi connectivity index (χ0v) is 17.3.